The lowest BCUT2D eigenvalue weighted by molar-refractivity contribution is 0.287. The summed E-state index contributed by atoms with van der Waals surface area (Å²) in [5, 5.41) is 0. The Kier molecular flexibility index (Phi) is 6.67. The number of hydrogen-bond acceptors (Lipinski definition) is 4. The molecule has 1 N–H and O–H groups in total. The molecular formula is C20H27NO4S. The molecule has 0 aliphatic heterocycles. The average Bonchev–Trinajstić information content (AvgIpc) is 2.56. The molecule has 26 heavy (non-hydrogen) atoms. The average molecular weight is 378 g/mol. The molecule has 0 aliphatic carbocycles. The van der Waals surface area contributed by atoms with Gasteiger partial charge in [-0.2, -0.15) is 0 Å². The second-order valence-electron chi connectivity index (χ2n) is 6.18. The summed E-state index contributed by atoms with van der Waals surface area (Å²) in [7, 11) is -3.62. The van der Waals surface area contributed by atoms with E-state index < -0.39 is 16.1 Å². The van der Waals surface area contributed by atoms with Crippen molar-refractivity contribution in [2.24, 2.45) is 0 Å². The van der Waals surface area contributed by atoms with Crippen LogP contribution in [0.25, 0.3) is 0 Å². The highest BCUT2D eigenvalue weighted by atomic mass is 32.2. The third kappa shape index (κ3) is 4.77. The van der Waals surface area contributed by atoms with Gasteiger partial charge < -0.3 is 9.47 Å². The van der Waals surface area contributed by atoms with E-state index in [4.69, 9.17) is 9.47 Å². The van der Waals surface area contributed by atoms with Gasteiger partial charge in [-0.15, -0.1) is 0 Å². The van der Waals surface area contributed by atoms with Crippen molar-refractivity contribution in [2.75, 3.05) is 13.2 Å². The Balaban J connectivity index is 2.28. The van der Waals surface area contributed by atoms with Crippen LogP contribution in [0.1, 0.15) is 43.5 Å². The van der Waals surface area contributed by atoms with Crippen molar-refractivity contribution in [3.8, 4) is 11.5 Å². The number of rotatable bonds is 8. The molecule has 1 atom stereocenters. The summed E-state index contributed by atoms with van der Waals surface area (Å²) in [6.45, 7) is 10.4. The van der Waals surface area contributed by atoms with E-state index in [1.54, 1.807) is 19.1 Å². The molecule has 6 heteroatoms. The first-order chi connectivity index (χ1) is 12.3. The molecule has 5 nitrogen and oxygen atoms in total. The SMILES string of the molecule is CCOc1ccc(C(C)NS(=O)(=O)c2ccc(C)cc2C)cc1OCC. The van der Waals surface area contributed by atoms with Crippen LogP contribution in [-0.4, -0.2) is 21.6 Å². The summed E-state index contributed by atoms with van der Waals surface area (Å²) in [5.74, 6) is 1.27. The molecule has 0 fully saturated rings. The number of ether oxygens (including phenoxy) is 2. The monoisotopic (exact) mass is 377 g/mol. The fraction of sp³-hybridized carbons (Fsp3) is 0.400. The largest absolute Gasteiger partial charge is 0.490 e. The van der Waals surface area contributed by atoms with Gasteiger partial charge in [-0.25, -0.2) is 13.1 Å². The van der Waals surface area contributed by atoms with Crippen LogP contribution in [-0.2, 0) is 10.0 Å². The molecule has 2 rings (SSSR count). The smallest absolute Gasteiger partial charge is 0.241 e. The second kappa shape index (κ2) is 8.56. The number of sulfonamides is 1. The maximum Gasteiger partial charge on any atom is 0.241 e. The standard InChI is InChI=1S/C20H27NO4S/c1-6-24-18-10-9-17(13-19(18)25-7-2)16(5)21-26(22,23)20-11-8-14(3)12-15(20)4/h8-13,16,21H,6-7H2,1-5H3. The number of nitrogens with one attached hydrogen (secondary N) is 1. The van der Waals surface area contributed by atoms with Gasteiger partial charge in [0.15, 0.2) is 11.5 Å². The molecule has 2 aromatic rings. The fourth-order valence-electron chi connectivity index (χ4n) is 2.80. The Labute approximate surface area is 156 Å². The van der Waals surface area contributed by atoms with Crippen molar-refractivity contribution in [1.82, 2.24) is 4.72 Å². The van der Waals surface area contributed by atoms with E-state index in [-0.39, 0.29) is 0 Å². The Bertz CT molecular complexity index is 862. The molecule has 0 saturated carbocycles. The molecule has 1 unspecified atom stereocenters. The van der Waals surface area contributed by atoms with E-state index in [0.29, 0.717) is 29.6 Å². The van der Waals surface area contributed by atoms with Gasteiger partial charge in [-0.3, -0.25) is 0 Å². The summed E-state index contributed by atoms with van der Waals surface area (Å²) < 4.78 is 39.5. The Morgan fingerprint density at radius 2 is 1.62 bits per heavy atom. The van der Waals surface area contributed by atoms with Gasteiger partial charge in [0.1, 0.15) is 0 Å². The predicted octanol–water partition coefficient (Wildman–Crippen LogP) is 4.14. The molecule has 0 aliphatic rings. The van der Waals surface area contributed by atoms with Crippen molar-refractivity contribution in [3.63, 3.8) is 0 Å². The minimum Gasteiger partial charge on any atom is -0.490 e. The predicted molar refractivity (Wildman–Crippen MR) is 103 cm³/mol. The summed E-state index contributed by atoms with van der Waals surface area (Å²) in [6, 6.07) is 10.4. The molecule has 0 saturated heterocycles. The number of aryl methyl sites for hydroxylation is 2. The first-order valence-corrected chi connectivity index (χ1v) is 10.3. The molecule has 2 aromatic carbocycles. The highest BCUT2D eigenvalue weighted by Gasteiger charge is 2.21. The minimum atomic E-state index is -3.62. The highest BCUT2D eigenvalue weighted by Crippen LogP contribution is 2.31. The van der Waals surface area contributed by atoms with E-state index >= 15 is 0 Å². The first-order valence-electron chi connectivity index (χ1n) is 8.77. The zero-order valence-corrected chi connectivity index (χ0v) is 16.8. The minimum absolute atomic E-state index is 0.297. The summed E-state index contributed by atoms with van der Waals surface area (Å²) in [5.41, 5.74) is 2.57. The highest BCUT2D eigenvalue weighted by molar-refractivity contribution is 7.89. The molecular weight excluding hydrogens is 350 g/mol. The van der Waals surface area contributed by atoms with E-state index in [0.717, 1.165) is 16.7 Å². The number of hydrogen-bond donors (Lipinski definition) is 1. The lowest BCUT2D eigenvalue weighted by Gasteiger charge is -2.18. The van der Waals surface area contributed by atoms with Crippen molar-refractivity contribution in [2.45, 2.75) is 45.6 Å². The third-order valence-electron chi connectivity index (χ3n) is 4.02. The molecule has 142 valence electrons. The van der Waals surface area contributed by atoms with Crippen LogP contribution >= 0.6 is 0 Å². The lowest BCUT2D eigenvalue weighted by Crippen LogP contribution is -2.27. The van der Waals surface area contributed by atoms with Crippen LogP contribution in [0.2, 0.25) is 0 Å². The van der Waals surface area contributed by atoms with E-state index in [1.165, 1.54) is 0 Å². The van der Waals surface area contributed by atoms with Crippen LogP contribution in [0.5, 0.6) is 11.5 Å². The van der Waals surface area contributed by atoms with Gasteiger partial charge in [0.05, 0.1) is 18.1 Å². The van der Waals surface area contributed by atoms with Crippen LogP contribution < -0.4 is 14.2 Å². The van der Waals surface area contributed by atoms with Crippen LogP contribution in [0, 0.1) is 13.8 Å². The maximum atomic E-state index is 12.8. The molecule has 0 radical (unpaired) electrons. The van der Waals surface area contributed by atoms with Crippen LogP contribution in [0.15, 0.2) is 41.3 Å². The van der Waals surface area contributed by atoms with Crippen molar-refractivity contribution < 1.29 is 17.9 Å². The Morgan fingerprint density at radius 3 is 2.23 bits per heavy atom. The van der Waals surface area contributed by atoms with Crippen molar-refractivity contribution in [1.29, 1.82) is 0 Å². The molecule has 0 bridgehead atoms. The van der Waals surface area contributed by atoms with Crippen LogP contribution in [0.3, 0.4) is 0 Å². The topological polar surface area (TPSA) is 64.6 Å². The van der Waals surface area contributed by atoms with E-state index in [9.17, 15) is 8.42 Å². The third-order valence-corrected chi connectivity index (χ3v) is 5.72. The first kappa shape index (κ1) is 20.3. The van der Waals surface area contributed by atoms with Gasteiger partial charge in [0, 0.05) is 6.04 Å². The van der Waals surface area contributed by atoms with Gasteiger partial charge in [0.2, 0.25) is 10.0 Å². The van der Waals surface area contributed by atoms with Gasteiger partial charge >= 0.3 is 0 Å². The van der Waals surface area contributed by atoms with Gasteiger partial charge in [-0.05, 0) is 63.9 Å². The van der Waals surface area contributed by atoms with Crippen LogP contribution in [0.4, 0.5) is 0 Å². The quantitative estimate of drug-likeness (QED) is 0.751. The zero-order valence-electron chi connectivity index (χ0n) is 16.0. The number of benzene rings is 2. The van der Waals surface area contributed by atoms with Crippen molar-refractivity contribution in [3.05, 3.63) is 53.1 Å². The Morgan fingerprint density at radius 1 is 0.962 bits per heavy atom. The maximum absolute atomic E-state index is 12.8. The van der Waals surface area contributed by atoms with E-state index in [1.807, 2.05) is 52.0 Å². The fourth-order valence-corrected chi connectivity index (χ4v) is 4.26. The molecule has 0 amide bonds. The summed E-state index contributed by atoms with van der Waals surface area (Å²) >= 11 is 0. The van der Waals surface area contributed by atoms with Gasteiger partial charge in [0.25, 0.3) is 0 Å². The molecule has 0 aromatic heterocycles. The second-order valence-corrected chi connectivity index (χ2v) is 7.87. The lowest BCUT2D eigenvalue weighted by atomic mass is 10.1. The van der Waals surface area contributed by atoms with Gasteiger partial charge in [-0.1, -0.05) is 23.8 Å². The normalized spacial score (nSPS) is 12.7. The summed E-state index contributed by atoms with van der Waals surface area (Å²) in [4.78, 5) is 0.297. The molecule has 0 spiro atoms. The van der Waals surface area contributed by atoms with Crippen molar-refractivity contribution >= 4 is 10.0 Å². The zero-order chi connectivity index (χ0) is 19.3. The molecule has 0 heterocycles. The Hall–Kier alpha value is -2.05. The summed E-state index contributed by atoms with van der Waals surface area (Å²) in [6.07, 6.45) is 0. The van der Waals surface area contributed by atoms with E-state index in [2.05, 4.69) is 4.72 Å².